The Hall–Kier alpha value is -2.93. The zero-order chi connectivity index (χ0) is 17.9. The molecule has 1 nitrogen and oxygen atoms in total. The Morgan fingerprint density at radius 2 is 1.50 bits per heavy atom. The molecule has 0 amide bonds. The van der Waals surface area contributed by atoms with Crippen molar-refractivity contribution in [2.24, 2.45) is 0 Å². The summed E-state index contributed by atoms with van der Waals surface area (Å²) in [5.74, 6) is 0.341. The van der Waals surface area contributed by atoms with Crippen LogP contribution in [0.1, 0.15) is 29.2 Å². The van der Waals surface area contributed by atoms with Crippen molar-refractivity contribution < 1.29 is 0 Å². The molecule has 1 aliphatic rings. The normalized spacial score (nSPS) is 16.0. The first-order valence-electron chi connectivity index (χ1n) is 9.18. The molecule has 128 valence electrons. The number of aromatic nitrogens is 1. The molecule has 3 aromatic rings. The van der Waals surface area contributed by atoms with Crippen molar-refractivity contribution in [3.63, 3.8) is 0 Å². The second-order valence-corrected chi connectivity index (χ2v) is 7.06. The summed E-state index contributed by atoms with van der Waals surface area (Å²) < 4.78 is 0. The van der Waals surface area contributed by atoms with E-state index in [0.29, 0.717) is 5.92 Å². The van der Waals surface area contributed by atoms with Crippen LogP contribution in [-0.2, 0) is 0 Å². The lowest BCUT2D eigenvalue weighted by molar-refractivity contribution is 0.818. The summed E-state index contributed by atoms with van der Waals surface area (Å²) in [6, 6.07) is 21.7. The number of hydrogen-bond acceptors (Lipinski definition) is 1. The molecule has 4 rings (SSSR count). The molecule has 2 aromatic carbocycles. The number of allylic oxidation sites excluding steroid dienone is 4. The van der Waals surface area contributed by atoms with E-state index in [1.807, 2.05) is 6.07 Å². The first kappa shape index (κ1) is 16.5. The summed E-state index contributed by atoms with van der Waals surface area (Å²) in [7, 11) is 0. The Labute approximate surface area is 155 Å². The van der Waals surface area contributed by atoms with Crippen LogP contribution in [0, 0.1) is 13.8 Å². The van der Waals surface area contributed by atoms with Crippen LogP contribution in [0.25, 0.3) is 22.4 Å². The maximum Gasteiger partial charge on any atom is 0.0711 e. The monoisotopic (exact) mass is 337 g/mol. The van der Waals surface area contributed by atoms with Gasteiger partial charge >= 0.3 is 0 Å². The third-order valence-corrected chi connectivity index (χ3v) is 4.83. The highest BCUT2D eigenvalue weighted by Crippen LogP contribution is 2.32. The molecule has 0 saturated heterocycles. The first-order chi connectivity index (χ1) is 12.7. The van der Waals surface area contributed by atoms with Crippen LogP contribution in [0.3, 0.4) is 0 Å². The Morgan fingerprint density at radius 3 is 2.19 bits per heavy atom. The maximum atomic E-state index is 5.01. The van der Waals surface area contributed by atoms with Crippen molar-refractivity contribution in [3.05, 3.63) is 102 Å². The molecule has 0 N–H and O–H groups in total. The van der Waals surface area contributed by atoms with E-state index in [2.05, 4.69) is 92.7 Å². The zero-order valence-corrected chi connectivity index (χ0v) is 15.3. The van der Waals surface area contributed by atoms with Crippen LogP contribution in [-0.4, -0.2) is 4.98 Å². The van der Waals surface area contributed by atoms with Gasteiger partial charge in [0, 0.05) is 17.2 Å². The Bertz CT molecular complexity index is 960. The third-order valence-electron chi connectivity index (χ3n) is 4.83. The minimum absolute atomic E-state index is 0.341. The van der Waals surface area contributed by atoms with Crippen molar-refractivity contribution in [1.29, 1.82) is 0 Å². The summed E-state index contributed by atoms with van der Waals surface area (Å²) in [6.07, 6.45) is 9.72. The van der Waals surface area contributed by atoms with Crippen LogP contribution in [0.5, 0.6) is 0 Å². The first-order valence-corrected chi connectivity index (χ1v) is 9.18. The molecule has 0 saturated carbocycles. The molecular formula is C25H23N. The molecular weight excluding hydrogens is 314 g/mol. The van der Waals surface area contributed by atoms with Crippen LogP contribution >= 0.6 is 0 Å². The number of hydrogen-bond donors (Lipinski definition) is 0. The summed E-state index contributed by atoms with van der Waals surface area (Å²) in [6.45, 7) is 4.32. The highest BCUT2D eigenvalue weighted by Gasteiger charge is 2.14. The van der Waals surface area contributed by atoms with Gasteiger partial charge in [0.2, 0.25) is 0 Å². The van der Waals surface area contributed by atoms with Gasteiger partial charge in [0.05, 0.1) is 5.69 Å². The van der Waals surface area contributed by atoms with E-state index in [9.17, 15) is 0 Å². The number of rotatable bonds is 3. The second-order valence-electron chi connectivity index (χ2n) is 7.06. The van der Waals surface area contributed by atoms with Gasteiger partial charge in [-0.25, -0.2) is 0 Å². The van der Waals surface area contributed by atoms with Gasteiger partial charge in [0.25, 0.3) is 0 Å². The van der Waals surface area contributed by atoms with E-state index >= 15 is 0 Å². The van der Waals surface area contributed by atoms with E-state index in [-0.39, 0.29) is 0 Å². The summed E-state index contributed by atoms with van der Waals surface area (Å²) in [5.41, 5.74) is 8.43. The standard InChI is InChI=1S/C25H23N/c1-18-13-19(2)15-22(14-18)23-16-24(20-9-5-3-6-10-20)26-25(17-23)21-11-7-4-8-12-21/h3-11,13-17,21H,12H2,1-2H3. The van der Waals surface area contributed by atoms with E-state index < -0.39 is 0 Å². The lowest BCUT2D eigenvalue weighted by Crippen LogP contribution is -2.01. The van der Waals surface area contributed by atoms with E-state index in [0.717, 1.165) is 23.4 Å². The molecule has 0 spiro atoms. The molecule has 1 aliphatic carbocycles. The van der Waals surface area contributed by atoms with Gasteiger partial charge in [0.15, 0.2) is 0 Å². The lowest BCUT2D eigenvalue weighted by atomic mass is 9.92. The SMILES string of the molecule is Cc1cc(C)cc(-c2cc(-c3ccccc3)nc(C3C=CC=CC3)c2)c1. The van der Waals surface area contributed by atoms with Crippen molar-refractivity contribution in [1.82, 2.24) is 4.98 Å². The van der Waals surface area contributed by atoms with Crippen molar-refractivity contribution in [2.75, 3.05) is 0 Å². The van der Waals surface area contributed by atoms with E-state index in [1.165, 1.54) is 22.3 Å². The van der Waals surface area contributed by atoms with Gasteiger partial charge < -0.3 is 0 Å². The van der Waals surface area contributed by atoms with Gasteiger partial charge in [-0.05, 0) is 43.5 Å². The fourth-order valence-electron chi connectivity index (χ4n) is 3.61. The van der Waals surface area contributed by atoms with E-state index in [4.69, 9.17) is 4.98 Å². The van der Waals surface area contributed by atoms with E-state index in [1.54, 1.807) is 0 Å². The highest BCUT2D eigenvalue weighted by molar-refractivity contribution is 5.72. The minimum atomic E-state index is 0.341. The molecule has 1 atom stereocenters. The summed E-state index contributed by atoms with van der Waals surface area (Å²) >= 11 is 0. The molecule has 0 radical (unpaired) electrons. The van der Waals surface area contributed by atoms with Gasteiger partial charge in [-0.2, -0.15) is 0 Å². The van der Waals surface area contributed by atoms with Gasteiger partial charge in [0.1, 0.15) is 0 Å². The van der Waals surface area contributed by atoms with Gasteiger partial charge in [-0.3, -0.25) is 4.98 Å². The third kappa shape index (κ3) is 3.52. The molecule has 26 heavy (non-hydrogen) atoms. The van der Waals surface area contributed by atoms with Gasteiger partial charge in [-0.1, -0.05) is 84.0 Å². The fourth-order valence-corrected chi connectivity index (χ4v) is 3.61. The van der Waals surface area contributed by atoms with Crippen LogP contribution in [0.15, 0.2) is 85.0 Å². The molecule has 1 unspecified atom stereocenters. The quantitative estimate of drug-likeness (QED) is 0.522. The molecule has 1 heterocycles. The molecule has 0 bridgehead atoms. The van der Waals surface area contributed by atoms with Crippen molar-refractivity contribution >= 4 is 0 Å². The Balaban J connectivity index is 1.87. The average Bonchev–Trinajstić information content (AvgIpc) is 2.68. The predicted octanol–water partition coefficient (Wildman–Crippen LogP) is 6.63. The topological polar surface area (TPSA) is 12.9 Å². The lowest BCUT2D eigenvalue weighted by Gasteiger charge is -2.16. The average molecular weight is 337 g/mol. The van der Waals surface area contributed by atoms with Crippen LogP contribution in [0.2, 0.25) is 0 Å². The van der Waals surface area contributed by atoms with Crippen molar-refractivity contribution in [2.45, 2.75) is 26.2 Å². The maximum absolute atomic E-state index is 5.01. The number of benzene rings is 2. The van der Waals surface area contributed by atoms with Crippen LogP contribution < -0.4 is 0 Å². The van der Waals surface area contributed by atoms with Gasteiger partial charge in [-0.15, -0.1) is 0 Å². The Kier molecular flexibility index (Phi) is 4.53. The summed E-state index contributed by atoms with van der Waals surface area (Å²) in [4.78, 5) is 5.01. The predicted molar refractivity (Wildman–Crippen MR) is 110 cm³/mol. The zero-order valence-electron chi connectivity index (χ0n) is 15.3. The second kappa shape index (κ2) is 7.13. The molecule has 0 aliphatic heterocycles. The summed E-state index contributed by atoms with van der Waals surface area (Å²) in [5, 5.41) is 0. The number of nitrogens with zero attached hydrogens (tertiary/aromatic N) is 1. The number of aryl methyl sites for hydroxylation is 2. The van der Waals surface area contributed by atoms with Crippen molar-refractivity contribution in [3.8, 4) is 22.4 Å². The largest absolute Gasteiger partial charge is 0.252 e. The smallest absolute Gasteiger partial charge is 0.0711 e. The fraction of sp³-hybridized carbons (Fsp3) is 0.160. The molecule has 0 fully saturated rings. The number of pyridine rings is 1. The molecule has 1 aromatic heterocycles. The minimum Gasteiger partial charge on any atom is -0.252 e. The highest BCUT2D eigenvalue weighted by atomic mass is 14.7. The van der Waals surface area contributed by atoms with Crippen LogP contribution in [0.4, 0.5) is 0 Å². The molecule has 1 heteroatoms. The Morgan fingerprint density at radius 1 is 0.769 bits per heavy atom.